The Morgan fingerprint density at radius 1 is 1.35 bits per heavy atom. The van der Waals surface area contributed by atoms with E-state index < -0.39 is 17.7 Å². The second kappa shape index (κ2) is 8.88. The maximum atomic E-state index is 12.7. The quantitative estimate of drug-likeness (QED) is 0.718. The molecule has 1 amide bonds. The van der Waals surface area contributed by atoms with E-state index in [1.807, 2.05) is 24.3 Å². The highest BCUT2D eigenvalue weighted by molar-refractivity contribution is 6.08. The van der Waals surface area contributed by atoms with Gasteiger partial charge in [0, 0.05) is 6.54 Å². The lowest BCUT2D eigenvalue weighted by molar-refractivity contribution is -0.130. The van der Waals surface area contributed by atoms with Crippen molar-refractivity contribution in [2.24, 2.45) is 5.92 Å². The average molecular weight is 359 g/mol. The average Bonchev–Trinajstić information content (AvgIpc) is 2.89. The third kappa shape index (κ3) is 4.09. The van der Waals surface area contributed by atoms with Crippen LogP contribution in [0.15, 0.2) is 35.6 Å². The Morgan fingerprint density at radius 2 is 2.08 bits per heavy atom. The predicted octanol–water partition coefficient (Wildman–Crippen LogP) is 4.20. The van der Waals surface area contributed by atoms with E-state index in [2.05, 4.69) is 13.8 Å². The van der Waals surface area contributed by atoms with Gasteiger partial charge in [-0.2, -0.15) is 0 Å². The van der Waals surface area contributed by atoms with Crippen molar-refractivity contribution < 1.29 is 19.4 Å². The van der Waals surface area contributed by atoms with Crippen LogP contribution >= 0.6 is 0 Å². The van der Waals surface area contributed by atoms with Crippen LogP contribution in [-0.4, -0.2) is 35.4 Å². The summed E-state index contributed by atoms with van der Waals surface area (Å²) in [4.78, 5) is 26.5. The summed E-state index contributed by atoms with van der Waals surface area (Å²) in [7, 11) is 1.58. The minimum Gasteiger partial charge on any atom is -0.503 e. The molecule has 5 nitrogen and oxygen atoms in total. The van der Waals surface area contributed by atoms with Crippen LogP contribution < -0.4 is 4.74 Å². The van der Waals surface area contributed by atoms with Gasteiger partial charge in [0.1, 0.15) is 5.75 Å². The minimum absolute atomic E-state index is 0.175. The minimum atomic E-state index is -0.564. The van der Waals surface area contributed by atoms with Gasteiger partial charge in [-0.05, 0) is 37.0 Å². The fourth-order valence-corrected chi connectivity index (χ4v) is 3.56. The van der Waals surface area contributed by atoms with E-state index in [4.69, 9.17) is 4.74 Å². The Kier molecular flexibility index (Phi) is 6.83. The maximum Gasteiger partial charge on any atom is 0.290 e. The van der Waals surface area contributed by atoms with Crippen molar-refractivity contribution in [1.82, 2.24) is 4.90 Å². The zero-order valence-corrected chi connectivity index (χ0v) is 16.1. The second-order valence-electron chi connectivity index (χ2n) is 6.87. The van der Waals surface area contributed by atoms with Gasteiger partial charge in [0.25, 0.3) is 5.91 Å². The van der Waals surface area contributed by atoms with Crippen LogP contribution in [0, 0.1) is 5.92 Å². The molecule has 0 fully saturated rings. The smallest absolute Gasteiger partial charge is 0.290 e. The molecule has 0 bridgehead atoms. The monoisotopic (exact) mass is 359 g/mol. The van der Waals surface area contributed by atoms with E-state index in [1.54, 1.807) is 12.0 Å². The molecule has 1 aliphatic rings. The van der Waals surface area contributed by atoms with Gasteiger partial charge in [0.05, 0.1) is 18.7 Å². The van der Waals surface area contributed by atoms with Crippen molar-refractivity contribution in [3.63, 3.8) is 0 Å². The Morgan fingerprint density at radius 3 is 2.65 bits per heavy atom. The van der Waals surface area contributed by atoms with Crippen molar-refractivity contribution in [2.45, 2.75) is 52.5 Å². The number of benzene rings is 1. The fourth-order valence-electron chi connectivity index (χ4n) is 3.56. The first-order chi connectivity index (χ1) is 12.4. The van der Waals surface area contributed by atoms with Gasteiger partial charge >= 0.3 is 0 Å². The lowest BCUT2D eigenvalue weighted by atomic mass is 9.94. The van der Waals surface area contributed by atoms with Gasteiger partial charge in [0.15, 0.2) is 11.5 Å². The molecule has 0 saturated heterocycles. The fraction of sp³-hybridized carbons (Fsp3) is 0.524. The van der Waals surface area contributed by atoms with E-state index >= 15 is 0 Å². The number of nitrogens with zero attached hydrogens (tertiary/aromatic N) is 1. The summed E-state index contributed by atoms with van der Waals surface area (Å²) >= 11 is 0. The molecule has 0 aromatic heterocycles. The molecule has 1 aliphatic heterocycles. The molecule has 1 N–H and O–H groups in total. The molecule has 0 unspecified atom stereocenters. The van der Waals surface area contributed by atoms with Crippen LogP contribution in [-0.2, 0) is 9.59 Å². The van der Waals surface area contributed by atoms with E-state index in [9.17, 15) is 14.7 Å². The summed E-state index contributed by atoms with van der Waals surface area (Å²) in [6.07, 6.45) is 4.18. The van der Waals surface area contributed by atoms with Gasteiger partial charge in [-0.3, -0.25) is 9.59 Å². The summed E-state index contributed by atoms with van der Waals surface area (Å²) in [5.41, 5.74) is 0.950. The number of hydrogen-bond acceptors (Lipinski definition) is 4. The number of unbranched alkanes of at least 4 members (excludes halogenated alkanes) is 1. The van der Waals surface area contributed by atoms with Crippen LogP contribution in [0.5, 0.6) is 5.75 Å². The lowest BCUT2D eigenvalue weighted by Gasteiger charge is -2.30. The number of aliphatic hydroxyl groups excluding tert-OH is 1. The molecule has 1 aromatic rings. The highest BCUT2D eigenvalue weighted by Gasteiger charge is 2.42. The predicted molar refractivity (Wildman–Crippen MR) is 101 cm³/mol. The first-order valence-electron chi connectivity index (χ1n) is 9.33. The van der Waals surface area contributed by atoms with E-state index in [0.29, 0.717) is 18.2 Å². The summed E-state index contributed by atoms with van der Waals surface area (Å²) in [6.45, 7) is 6.18. The Hall–Kier alpha value is -2.30. The van der Waals surface area contributed by atoms with Gasteiger partial charge in [0.2, 0.25) is 0 Å². The number of aliphatic hydroxyl groups is 1. The number of carbonyl (C=O) groups is 2. The number of Topliss-reactive ketones (excluding diaryl/α,β-unsaturated/α-hetero) is 1. The Labute approximate surface area is 155 Å². The number of hydrogen-bond donors (Lipinski definition) is 1. The standard InChI is InChI=1S/C21H29NO4/c1-5-7-9-15(6-2)13-22-19(16-10-8-11-17(12-16)26-4)18(14(3)23)20(24)21(22)25/h8,10-12,15,19,24H,5-7,9,13H2,1-4H3/t15-,19-/m1/s1. The summed E-state index contributed by atoms with van der Waals surface area (Å²) in [5, 5.41) is 10.4. The van der Waals surface area contributed by atoms with Crippen LogP contribution in [0.25, 0.3) is 0 Å². The van der Waals surface area contributed by atoms with Gasteiger partial charge in [-0.25, -0.2) is 0 Å². The molecule has 0 saturated carbocycles. The largest absolute Gasteiger partial charge is 0.503 e. The van der Waals surface area contributed by atoms with Crippen LogP contribution in [0.2, 0.25) is 0 Å². The number of carbonyl (C=O) groups excluding carboxylic acids is 2. The highest BCUT2D eigenvalue weighted by Crippen LogP contribution is 2.39. The molecule has 2 atom stereocenters. The second-order valence-corrected chi connectivity index (χ2v) is 6.87. The molecule has 142 valence electrons. The third-order valence-corrected chi connectivity index (χ3v) is 5.09. The molecule has 0 aliphatic carbocycles. The number of amides is 1. The van der Waals surface area contributed by atoms with Crippen molar-refractivity contribution >= 4 is 11.7 Å². The normalized spacial score (nSPS) is 18.4. The Bertz CT molecular complexity index is 695. The number of rotatable bonds is 9. The maximum absolute atomic E-state index is 12.7. The summed E-state index contributed by atoms with van der Waals surface area (Å²) in [5.74, 6) is -0.172. The zero-order valence-electron chi connectivity index (χ0n) is 16.1. The molecular formula is C21H29NO4. The molecule has 0 spiro atoms. The highest BCUT2D eigenvalue weighted by atomic mass is 16.5. The summed E-state index contributed by atoms with van der Waals surface area (Å²) in [6, 6.07) is 6.77. The molecule has 1 heterocycles. The molecule has 5 heteroatoms. The van der Waals surface area contributed by atoms with Crippen molar-refractivity contribution in [2.75, 3.05) is 13.7 Å². The molecule has 2 rings (SSSR count). The van der Waals surface area contributed by atoms with Crippen molar-refractivity contribution in [3.8, 4) is 5.75 Å². The van der Waals surface area contributed by atoms with Crippen molar-refractivity contribution in [3.05, 3.63) is 41.2 Å². The van der Waals surface area contributed by atoms with Crippen LogP contribution in [0.4, 0.5) is 0 Å². The SMILES string of the molecule is CCCC[C@@H](CC)CN1C(=O)C(O)=C(C(C)=O)[C@H]1c1cccc(OC)c1. The van der Waals surface area contributed by atoms with Gasteiger partial charge in [-0.1, -0.05) is 45.2 Å². The third-order valence-electron chi connectivity index (χ3n) is 5.09. The summed E-state index contributed by atoms with van der Waals surface area (Å²) < 4.78 is 5.29. The van der Waals surface area contributed by atoms with E-state index in [1.165, 1.54) is 6.92 Å². The molecule has 26 heavy (non-hydrogen) atoms. The zero-order chi connectivity index (χ0) is 19.3. The first kappa shape index (κ1) is 20.0. The number of methoxy groups -OCH3 is 1. The number of ether oxygens (including phenoxy) is 1. The molecular weight excluding hydrogens is 330 g/mol. The number of ketones is 1. The Balaban J connectivity index is 2.41. The molecule has 1 aromatic carbocycles. The molecule has 0 radical (unpaired) electrons. The van der Waals surface area contributed by atoms with Crippen molar-refractivity contribution in [1.29, 1.82) is 0 Å². The van der Waals surface area contributed by atoms with Gasteiger partial charge < -0.3 is 14.7 Å². The van der Waals surface area contributed by atoms with E-state index in [0.717, 1.165) is 31.2 Å². The van der Waals surface area contributed by atoms with Gasteiger partial charge in [-0.15, -0.1) is 0 Å². The topological polar surface area (TPSA) is 66.8 Å². The first-order valence-corrected chi connectivity index (χ1v) is 9.33. The van der Waals surface area contributed by atoms with E-state index in [-0.39, 0.29) is 11.4 Å². The lowest BCUT2D eigenvalue weighted by Crippen LogP contribution is -2.35. The van der Waals surface area contributed by atoms with Crippen LogP contribution in [0.3, 0.4) is 0 Å². The van der Waals surface area contributed by atoms with Crippen LogP contribution in [0.1, 0.15) is 58.1 Å².